The van der Waals surface area contributed by atoms with Gasteiger partial charge in [0, 0.05) is 41.4 Å². The molecule has 0 aliphatic rings. The van der Waals surface area contributed by atoms with E-state index in [0.717, 1.165) is 28.7 Å². The van der Waals surface area contributed by atoms with Crippen molar-refractivity contribution in [1.82, 2.24) is 4.98 Å². The van der Waals surface area contributed by atoms with Gasteiger partial charge in [0.15, 0.2) is 0 Å². The summed E-state index contributed by atoms with van der Waals surface area (Å²) in [5.41, 5.74) is 5.55. The SMILES string of the molecule is CC#CC(CC=O)c1ccc(OCc2ccc3scc(-c4ccc(OCCOC)cc4C)c3c2)nc1. The highest BCUT2D eigenvalue weighted by Crippen LogP contribution is 2.37. The second kappa shape index (κ2) is 12.3. The van der Waals surface area contributed by atoms with Crippen LogP contribution in [0.4, 0.5) is 0 Å². The first-order chi connectivity index (χ1) is 17.6. The Hall–Kier alpha value is -3.66. The van der Waals surface area contributed by atoms with Crippen LogP contribution >= 0.6 is 11.3 Å². The molecule has 5 nitrogen and oxygen atoms in total. The second-order valence-corrected chi connectivity index (χ2v) is 9.28. The minimum Gasteiger partial charge on any atom is -0.491 e. The number of thiophene rings is 1. The monoisotopic (exact) mass is 499 g/mol. The summed E-state index contributed by atoms with van der Waals surface area (Å²) in [6.07, 6.45) is 2.98. The number of hydrogen-bond donors (Lipinski definition) is 0. The lowest BCUT2D eigenvalue weighted by Gasteiger charge is -2.11. The van der Waals surface area contributed by atoms with E-state index in [1.165, 1.54) is 21.2 Å². The molecule has 0 aliphatic heterocycles. The number of aryl methyl sites for hydroxylation is 1. The summed E-state index contributed by atoms with van der Waals surface area (Å²) in [6, 6.07) is 16.4. The molecule has 36 heavy (non-hydrogen) atoms. The predicted molar refractivity (Wildman–Crippen MR) is 145 cm³/mol. The maximum atomic E-state index is 10.9. The van der Waals surface area contributed by atoms with Crippen molar-refractivity contribution >= 4 is 27.7 Å². The third kappa shape index (κ3) is 6.12. The van der Waals surface area contributed by atoms with Crippen LogP contribution in [-0.2, 0) is 16.1 Å². The lowest BCUT2D eigenvalue weighted by molar-refractivity contribution is -0.107. The number of carbonyl (C=O) groups is 1. The zero-order valence-electron chi connectivity index (χ0n) is 20.7. The maximum absolute atomic E-state index is 10.9. The van der Waals surface area contributed by atoms with Crippen LogP contribution in [0.2, 0.25) is 0 Å². The zero-order valence-corrected chi connectivity index (χ0v) is 21.6. The Balaban J connectivity index is 1.48. The van der Waals surface area contributed by atoms with E-state index in [-0.39, 0.29) is 5.92 Å². The van der Waals surface area contributed by atoms with Gasteiger partial charge in [-0.15, -0.1) is 17.3 Å². The van der Waals surface area contributed by atoms with Gasteiger partial charge in [0.2, 0.25) is 5.88 Å². The molecule has 1 unspecified atom stereocenters. The normalized spacial score (nSPS) is 11.5. The number of aldehydes is 1. The summed E-state index contributed by atoms with van der Waals surface area (Å²) in [6.45, 7) is 5.39. The van der Waals surface area contributed by atoms with Crippen LogP contribution in [0.15, 0.2) is 60.1 Å². The minimum absolute atomic E-state index is 0.136. The van der Waals surface area contributed by atoms with Gasteiger partial charge in [-0.25, -0.2) is 4.98 Å². The van der Waals surface area contributed by atoms with Gasteiger partial charge in [0.05, 0.1) is 12.5 Å². The van der Waals surface area contributed by atoms with E-state index in [9.17, 15) is 4.79 Å². The molecule has 4 rings (SSSR count). The van der Waals surface area contributed by atoms with Gasteiger partial charge in [-0.3, -0.25) is 0 Å². The fourth-order valence-corrected chi connectivity index (χ4v) is 4.98. The number of nitrogens with zero attached hydrogens (tertiary/aromatic N) is 1. The van der Waals surface area contributed by atoms with Gasteiger partial charge in [-0.05, 0) is 65.7 Å². The number of rotatable bonds is 11. The van der Waals surface area contributed by atoms with E-state index in [4.69, 9.17) is 14.2 Å². The van der Waals surface area contributed by atoms with E-state index >= 15 is 0 Å². The van der Waals surface area contributed by atoms with Gasteiger partial charge in [-0.1, -0.05) is 24.1 Å². The molecular weight excluding hydrogens is 470 g/mol. The highest BCUT2D eigenvalue weighted by molar-refractivity contribution is 7.17. The third-order valence-corrected chi connectivity index (χ3v) is 6.84. The number of aromatic nitrogens is 1. The van der Waals surface area contributed by atoms with Crippen LogP contribution in [-0.4, -0.2) is 31.6 Å². The summed E-state index contributed by atoms with van der Waals surface area (Å²) in [5.74, 6) is 7.19. The highest BCUT2D eigenvalue weighted by atomic mass is 32.1. The van der Waals surface area contributed by atoms with Crippen molar-refractivity contribution < 1.29 is 19.0 Å². The standard InChI is InChI=1S/C30H29NO4S/c1-4-5-23(12-13-32)24-7-11-30(31-18-24)35-19-22-6-10-29-27(17-22)28(20-36-29)26-9-8-25(16-21(26)2)34-15-14-33-3/h6-11,13,16-18,20,23H,12,14-15,19H2,1-3H3. The van der Waals surface area contributed by atoms with E-state index < -0.39 is 0 Å². The Morgan fingerprint density at radius 2 is 1.94 bits per heavy atom. The summed E-state index contributed by atoms with van der Waals surface area (Å²) < 4.78 is 18.0. The number of hydrogen-bond acceptors (Lipinski definition) is 6. The molecule has 6 heteroatoms. The quantitative estimate of drug-likeness (QED) is 0.133. The summed E-state index contributed by atoms with van der Waals surface area (Å²) in [7, 11) is 1.67. The van der Waals surface area contributed by atoms with Gasteiger partial charge in [-0.2, -0.15) is 0 Å². The van der Waals surface area contributed by atoms with Crippen molar-refractivity contribution in [3.05, 3.63) is 76.8 Å². The van der Waals surface area contributed by atoms with Crippen LogP contribution in [0.1, 0.15) is 36.0 Å². The molecule has 0 amide bonds. The number of fused-ring (bicyclic) bond motifs is 1. The molecule has 0 N–H and O–H groups in total. The van der Waals surface area contributed by atoms with Crippen molar-refractivity contribution in [2.24, 2.45) is 0 Å². The van der Waals surface area contributed by atoms with Crippen molar-refractivity contribution in [2.75, 3.05) is 20.3 Å². The molecule has 0 saturated heterocycles. The average molecular weight is 500 g/mol. The Kier molecular flexibility index (Phi) is 8.72. The van der Waals surface area contributed by atoms with Gasteiger partial charge in [0.1, 0.15) is 25.2 Å². The van der Waals surface area contributed by atoms with Gasteiger partial charge in [0.25, 0.3) is 0 Å². The van der Waals surface area contributed by atoms with Gasteiger partial charge < -0.3 is 19.0 Å². The fourth-order valence-electron chi connectivity index (χ4n) is 4.03. The van der Waals surface area contributed by atoms with E-state index in [1.807, 2.05) is 18.2 Å². The topological polar surface area (TPSA) is 57.7 Å². The van der Waals surface area contributed by atoms with E-state index in [0.29, 0.717) is 32.1 Å². The molecule has 0 saturated carbocycles. The average Bonchev–Trinajstić information content (AvgIpc) is 3.31. The molecule has 0 aliphatic carbocycles. The third-order valence-electron chi connectivity index (χ3n) is 5.88. The fraction of sp³-hybridized carbons (Fsp3) is 0.267. The van der Waals surface area contributed by atoms with Crippen LogP contribution in [0.25, 0.3) is 21.2 Å². The maximum Gasteiger partial charge on any atom is 0.213 e. The zero-order chi connectivity index (χ0) is 25.3. The molecular formula is C30H29NO4S. The number of carbonyl (C=O) groups excluding carboxylic acids is 1. The molecule has 0 fully saturated rings. The predicted octanol–water partition coefficient (Wildman–Crippen LogP) is 6.57. The Bertz CT molecular complexity index is 1380. The number of methoxy groups -OCH3 is 1. The molecule has 2 heterocycles. The van der Waals surface area contributed by atoms with Crippen molar-refractivity contribution in [3.8, 4) is 34.6 Å². The van der Waals surface area contributed by atoms with E-state index in [1.54, 1.807) is 31.6 Å². The lowest BCUT2D eigenvalue weighted by atomic mass is 9.99. The summed E-state index contributed by atoms with van der Waals surface area (Å²) in [5, 5.41) is 3.41. The molecule has 0 radical (unpaired) electrons. The Morgan fingerprint density at radius 1 is 1.06 bits per heavy atom. The molecule has 2 aromatic carbocycles. The van der Waals surface area contributed by atoms with Crippen LogP contribution in [0, 0.1) is 18.8 Å². The number of benzene rings is 2. The molecule has 2 aromatic heterocycles. The molecule has 1 atom stereocenters. The minimum atomic E-state index is -0.136. The highest BCUT2D eigenvalue weighted by Gasteiger charge is 2.12. The van der Waals surface area contributed by atoms with Crippen molar-refractivity contribution in [2.45, 2.75) is 32.8 Å². The second-order valence-electron chi connectivity index (χ2n) is 8.37. The Labute approximate surface area is 216 Å². The van der Waals surface area contributed by atoms with Crippen molar-refractivity contribution in [1.29, 1.82) is 0 Å². The largest absolute Gasteiger partial charge is 0.491 e. The first-order valence-electron chi connectivity index (χ1n) is 11.8. The first-order valence-corrected chi connectivity index (χ1v) is 12.7. The number of pyridine rings is 1. The smallest absolute Gasteiger partial charge is 0.213 e. The van der Waals surface area contributed by atoms with Crippen molar-refractivity contribution in [3.63, 3.8) is 0 Å². The Morgan fingerprint density at radius 3 is 2.67 bits per heavy atom. The first kappa shape index (κ1) is 25.4. The van der Waals surface area contributed by atoms with Gasteiger partial charge >= 0.3 is 0 Å². The number of ether oxygens (including phenoxy) is 3. The molecule has 0 bridgehead atoms. The molecule has 184 valence electrons. The van der Waals surface area contributed by atoms with Crippen LogP contribution in [0.3, 0.4) is 0 Å². The summed E-state index contributed by atoms with van der Waals surface area (Å²) in [4.78, 5) is 15.4. The van der Waals surface area contributed by atoms with Crippen LogP contribution < -0.4 is 9.47 Å². The summed E-state index contributed by atoms with van der Waals surface area (Å²) >= 11 is 1.74. The molecule has 0 spiro atoms. The van der Waals surface area contributed by atoms with Crippen LogP contribution in [0.5, 0.6) is 11.6 Å². The van der Waals surface area contributed by atoms with E-state index in [2.05, 4.69) is 59.5 Å². The molecule has 4 aromatic rings. The lowest BCUT2D eigenvalue weighted by Crippen LogP contribution is -2.04.